The van der Waals surface area contributed by atoms with Crippen LogP contribution in [0.1, 0.15) is 49.1 Å². The van der Waals surface area contributed by atoms with Crippen LogP contribution >= 0.6 is 15.9 Å². The fourth-order valence-electron chi connectivity index (χ4n) is 4.17. The molecule has 35 heavy (non-hydrogen) atoms. The summed E-state index contributed by atoms with van der Waals surface area (Å²) < 4.78 is 12.7. The van der Waals surface area contributed by atoms with Crippen molar-refractivity contribution in [2.24, 2.45) is 5.10 Å². The highest BCUT2D eigenvalue weighted by molar-refractivity contribution is 9.10. The van der Waals surface area contributed by atoms with Crippen LogP contribution in [0.3, 0.4) is 0 Å². The molecule has 3 aromatic rings. The van der Waals surface area contributed by atoms with Crippen molar-refractivity contribution >= 4 is 33.5 Å². The van der Waals surface area contributed by atoms with Crippen LogP contribution in [0.5, 0.6) is 11.5 Å². The highest BCUT2D eigenvalue weighted by Gasteiger charge is 2.15. The summed E-state index contributed by atoms with van der Waals surface area (Å²) in [5.41, 5.74) is 5.75. The molecule has 4 rings (SSSR count). The molecule has 1 fully saturated rings. The van der Waals surface area contributed by atoms with Gasteiger partial charge in [0.15, 0.2) is 0 Å². The van der Waals surface area contributed by atoms with E-state index in [4.69, 9.17) is 9.47 Å². The van der Waals surface area contributed by atoms with Crippen molar-refractivity contribution in [3.63, 3.8) is 0 Å². The number of hydrazone groups is 1. The van der Waals surface area contributed by atoms with Gasteiger partial charge in [-0.2, -0.15) is 5.10 Å². The SMILES string of the molecule is O=[N+]([O-])c1ccc(N/N=C/c2cc(Br)ccc2OCCOc2ccc(C3CCCCC3)cc2)cc1. The van der Waals surface area contributed by atoms with Gasteiger partial charge in [0.2, 0.25) is 0 Å². The first-order chi connectivity index (χ1) is 17.1. The molecule has 1 aliphatic rings. The summed E-state index contributed by atoms with van der Waals surface area (Å²) >= 11 is 3.48. The lowest BCUT2D eigenvalue weighted by molar-refractivity contribution is -0.384. The normalized spacial score (nSPS) is 14.1. The minimum atomic E-state index is -0.436. The topological polar surface area (TPSA) is 86.0 Å². The lowest BCUT2D eigenvalue weighted by atomic mass is 9.84. The van der Waals surface area contributed by atoms with Gasteiger partial charge < -0.3 is 9.47 Å². The standard InChI is InChI=1S/C27H28BrN3O4/c28-23-8-15-27(22(18-23)19-29-30-24-9-11-25(12-10-24)31(32)33)35-17-16-34-26-13-6-21(7-14-26)20-4-2-1-3-5-20/h6-15,18-20,30H,1-5,16-17H2/b29-19+. The average Bonchev–Trinajstić information content (AvgIpc) is 2.89. The number of halogens is 1. The Labute approximate surface area is 213 Å². The summed E-state index contributed by atoms with van der Waals surface area (Å²) in [6.45, 7) is 0.819. The predicted molar refractivity (Wildman–Crippen MR) is 142 cm³/mol. The van der Waals surface area contributed by atoms with Crippen LogP contribution in [-0.2, 0) is 0 Å². The Morgan fingerprint density at radius 3 is 2.40 bits per heavy atom. The third-order valence-electron chi connectivity index (χ3n) is 6.01. The van der Waals surface area contributed by atoms with E-state index in [1.54, 1.807) is 18.3 Å². The summed E-state index contributed by atoms with van der Waals surface area (Å²) in [5.74, 6) is 2.21. The summed E-state index contributed by atoms with van der Waals surface area (Å²) in [6.07, 6.45) is 8.24. The summed E-state index contributed by atoms with van der Waals surface area (Å²) in [7, 11) is 0. The Hall–Kier alpha value is -3.39. The van der Waals surface area contributed by atoms with Gasteiger partial charge in [0.25, 0.3) is 5.69 Å². The van der Waals surface area contributed by atoms with E-state index in [2.05, 4.69) is 38.6 Å². The van der Waals surface area contributed by atoms with Gasteiger partial charge in [-0.25, -0.2) is 0 Å². The van der Waals surface area contributed by atoms with E-state index < -0.39 is 4.92 Å². The van der Waals surface area contributed by atoms with Gasteiger partial charge in [0.1, 0.15) is 24.7 Å². The molecule has 0 unspecified atom stereocenters. The van der Waals surface area contributed by atoms with E-state index in [0.29, 0.717) is 30.6 Å². The van der Waals surface area contributed by atoms with Crippen molar-refractivity contribution < 1.29 is 14.4 Å². The van der Waals surface area contributed by atoms with Gasteiger partial charge in [0.05, 0.1) is 16.8 Å². The lowest BCUT2D eigenvalue weighted by Crippen LogP contribution is -2.10. The van der Waals surface area contributed by atoms with Gasteiger partial charge in [0, 0.05) is 22.2 Å². The van der Waals surface area contributed by atoms with E-state index in [1.807, 2.05) is 30.3 Å². The molecule has 8 heteroatoms. The number of benzene rings is 3. The molecule has 0 amide bonds. The van der Waals surface area contributed by atoms with E-state index in [0.717, 1.165) is 15.8 Å². The molecule has 0 aliphatic heterocycles. The van der Waals surface area contributed by atoms with Crippen molar-refractivity contribution in [3.05, 3.63) is 92.4 Å². The highest BCUT2D eigenvalue weighted by Crippen LogP contribution is 2.33. The fourth-order valence-corrected chi connectivity index (χ4v) is 4.55. The largest absolute Gasteiger partial charge is 0.490 e. The summed E-state index contributed by atoms with van der Waals surface area (Å²) in [4.78, 5) is 10.3. The number of nitrogens with one attached hydrogen (secondary N) is 1. The van der Waals surface area contributed by atoms with Crippen LogP contribution in [0, 0.1) is 10.1 Å². The second-order valence-corrected chi connectivity index (χ2v) is 9.37. The number of nitrogens with zero attached hydrogens (tertiary/aromatic N) is 2. The Kier molecular flexibility index (Phi) is 8.73. The first-order valence-electron chi connectivity index (χ1n) is 11.8. The van der Waals surface area contributed by atoms with Crippen LogP contribution in [0.25, 0.3) is 0 Å². The number of anilines is 1. The van der Waals surface area contributed by atoms with Gasteiger partial charge in [-0.3, -0.25) is 15.5 Å². The molecule has 1 N–H and O–H groups in total. The molecule has 182 valence electrons. The molecule has 0 saturated heterocycles. The summed E-state index contributed by atoms with van der Waals surface area (Å²) in [6, 6.07) is 20.2. The molecular weight excluding hydrogens is 510 g/mol. The Morgan fingerprint density at radius 2 is 1.69 bits per heavy atom. The van der Waals surface area contributed by atoms with E-state index in [9.17, 15) is 10.1 Å². The number of nitro benzene ring substituents is 1. The van der Waals surface area contributed by atoms with Gasteiger partial charge in [-0.1, -0.05) is 47.3 Å². The van der Waals surface area contributed by atoms with E-state index in [-0.39, 0.29) is 5.69 Å². The first kappa shape index (κ1) is 24.7. The zero-order valence-electron chi connectivity index (χ0n) is 19.4. The number of nitro groups is 1. The van der Waals surface area contributed by atoms with Crippen molar-refractivity contribution in [3.8, 4) is 11.5 Å². The molecule has 0 bridgehead atoms. The van der Waals surface area contributed by atoms with Crippen LogP contribution < -0.4 is 14.9 Å². The highest BCUT2D eigenvalue weighted by atomic mass is 79.9. The molecule has 7 nitrogen and oxygen atoms in total. The molecule has 0 spiro atoms. The number of rotatable bonds is 10. The van der Waals surface area contributed by atoms with Gasteiger partial charge in [-0.05, 0) is 66.8 Å². The van der Waals surface area contributed by atoms with E-state index >= 15 is 0 Å². The smallest absolute Gasteiger partial charge is 0.269 e. The number of ether oxygens (including phenoxy) is 2. The molecular formula is C27H28BrN3O4. The average molecular weight is 538 g/mol. The number of non-ortho nitro benzene ring substituents is 1. The van der Waals surface area contributed by atoms with Crippen LogP contribution in [0.2, 0.25) is 0 Å². The predicted octanol–water partition coefficient (Wildman–Crippen LogP) is 7.31. The lowest BCUT2D eigenvalue weighted by Gasteiger charge is -2.22. The molecule has 3 aromatic carbocycles. The van der Waals surface area contributed by atoms with Crippen LogP contribution in [-0.4, -0.2) is 24.4 Å². The monoisotopic (exact) mass is 537 g/mol. The fraction of sp³-hybridized carbons (Fsp3) is 0.296. The summed E-state index contributed by atoms with van der Waals surface area (Å²) in [5, 5.41) is 15.0. The van der Waals surface area contributed by atoms with Crippen molar-refractivity contribution in [2.45, 2.75) is 38.0 Å². The molecule has 0 radical (unpaired) electrons. The molecule has 0 heterocycles. The minimum absolute atomic E-state index is 0.0320. The second kappa shape index (κ2) is 12.4. The maximum atomic E-state index is 10.8. The minimum Gasteiger partial charge on any atom is -0.490 e. The second-order valence-electron chi connectivity index (χ2n) is 8.46. The molecule has 0 aromatic heterocycles. The van der Waals surface area contributed by atoms with Crippen LogP contribution in [0.4, 0.5) is 11.4 Å². The number of hydrogen-bond donors (Lipinski definition) is 1. The van der Waals surface area contributed by atoms with Crippen LogP contribution in [0.15, 0.2) is 76.3 Å². The third-order valence-corrected chi connectivity index (χ3v) is 6.51. The first-order valence-corrected chi connectivity index (χ1v) is 12.6. The zero-order valence-corrected chi connectivity index (χ0v) is 20.9. The van der Waals surface area contributed by atoms with Gasteiger partial charge in [-0.15, -0.1) is 0 Å². The maximum absolute atomic E-state index is 10.8. The Bertz CT molecular complexity index is 1140. The third kappa shape index (κ3) is 7.29. The Morgan fingerprint density at radius 1 is 0.971 bits per heavy atom. The molecule has 0 atom stereocenters. The van der Waals surface area contributed by atoms with E-state index in [1.165, 1.54) is 49.8 Å². The number of hydrogen-bond acceptors (Lipinski definition) is 6. The maximum Gasteiger partial charge on any atom is 0.269 e. The molecule has 1 saturated carbocycles. The van der Waals surface area contributed by atoms with Crippen molar-refractivity contribution in [1.29, 1.82) is 0 Å². The Balaban J connectivity index is 1.27. The zero-order chi connectivity index (χ0) is 24.5. The molecule has 1 aliphatic carbocycles. The quantitative estimate of drug-likeness (QED) is 0.127. The van der Waals surface area contributed by atoms with Crippen molar-refractivity contribution in [1.82, 2.24) is 0 Å². The van der Waals surface area contributed by atoms with Gasteiger partial charge >= 0.3 is 0 Å². The van der Waals surface area contributed by atoms with Crippen molar-refractivity contribution in [2.75, 3.05) is 18.6 Å².